The number of hydrogen-bond donors (Lipinski definition) is 3. The normalized spacial score (nSPS) is 10.6. The molecule has 2 aromatic heterocycles. The van der Waals surface area contributed by atoms with Crippen LogP contribution in [0.4, 0.5) is 16.2 Å². The van der Waals surface area contributed by atoms with E-state index < -0.39 is 11.7 Å². The molecule has 0 saturated heterocycles. The van der Waals surface area contributed by atoms with Crippen LogP contribution in [0.5, 0.6) is 0 Å². The van der Waals surface area contributed by atoms with Crippen molar-refractivity contribution in [3.05, 3.63) is 53.6 Å². The number of carbonyl (C=O) groups is 1. The second-order valence-corrected chi connectivity index (χ2v) is 5.42. The zero-order chi connectivity index (χ0) is 18.1. The predicted molar refractivity (Wildman–Crippen MR) is 92.7 cm³/mol. The molecule has 3 rings (SSSR count). The molecule has 7 nitrogen and oxygen atoms in total. The second-order valence-electron chi connectivity index (χ2n) is 5.42. The Hall–Kier alpha value is -3.55. The first kappa shape index (κ1) is 16.3. The average Bonchev–Trinajstić information content (AvgIpc) is 2.55. The average molecular weight is 338 g/mol. The minimum Gasteiger partial charge on any atom is -0.384 e. The van der Waals surface area contributed by atoms with Gasteiger partial charge in [-0.05, 0) is 37.3 Å². The van der Waals surface area contributed by atoms with Gasteiger partial charge in [-0.3, -0.25) is 4.79 Å². The number of aromatic nitrogens is 3. The van der Waals surface area contributed by atoms with E-state index in [-0.39, 0.29) is 11.5 Å². The standard InChI is InChI=1S/C17H15FN6O/c1-8-14(10-3-5-13(19)22-7-10)15(24-17(21)23-8)9-2-4-12(18)11(6-9)16(20)25/h2-7H,1H3,(H2,19,22)(H2,20,25)(H2,21,23,24). The molecule has 0 aliphatic rings. The van der Waals surface area contributed by atoms with Gasteiger partial charge in [0, 0.05) is 22.9 Å². The Kier molecular flexibility index (Phi) is 4.02. The van der Waals surface area contributed by atoms with Crippen molar-refractivity contribution in [2.75, 3.05) is 11.5 Å². The van der Waals surface area contributed by atoms with E-state index in [4.69, 9.17) is 17.2 Å². The Morgan fingerprint density at radius 1 is 1.08 bits per heavy atom. The molecule has 3 aromatic rings. The lowest BCUT2D eigenvalue weighted by atomic mass is 9.97. The number of amides is 1. The van der Waals surface area contributed by atoms with Crippen LogP contribution in [0.2, 0.25) is 0 Å². The van der Waals surface area contributed by atoms with Crippen molar-refractivity contribution >= 4 is 17.7 Å². The quantitative estimate of drug-likeness (QED) is 0.668. The maximum atomic E-state index is 13.8. The lowest BCUT2D eigenvalue weighted by Gasteiger charge is -2.13. The van der Waals surface area contributed by atoms with Crippen LogP contribution in [-0.4, -0.2) is 20.9 Å². The van der Waals surface area contributed by atoms with Crippen molar-refractivity contribution in [3.63, 3.8) is 0 Å². The van der Waals surface area contributed by atoms with E-state index in [2.05, 4.69) is 15.0 Å². The molecule has 6 N–H and O–H groups in total. The summed E-state index contributed by atoms with van der Waals surface area (Å²) >= 11 is 0. The highest BCUT2D eigenvalue weighted by atomic mass is 19.1. The van der Waals surface area contributed by atoms with Gasteiger partial charge >= 0.3 is 0 Å². The monoisotopic (exact) mass is 338 g/mol. The van der Waals surface area contributed by atoms with E-state index in [1.807, 2.05) is 0 Å². The largest absolute Gasteiger partial charge is 0.384 e. The Balaban J connectivity index is 2.28. The summed E-state index contributed by atoms with van der Waals surface area (Å²) in [7, 11) is 0. The van der Waals surface area contributed by atoms with Crippen LogP contribution in [0.25, 0.3) is 22.4 Å². The first-order valence-corrected chi connectivity index (χ1v) is 7.32. The number of anilines is 2. The summed E-state index contributed by atoms with van der Waals surface area (Å²) in [6.07, 6.45) is 1.58. The lowest BCUT2D eigenvalue weighted by Crippen LogP contribution is -2.13. The fraction of sp³-hybridized carbons (Fsp3) is 0.0588. The molecule has 0 radical (unpaired) electrons. The summed E-state index contributed by atoms with van der Waals surface area (Å²) in [6.45, 7) is 1.77. The van der Waals surface area contributed by atoms with Gasteiger partial charge in [0.15, 0.2) is 0 Å². The van der Waals surface area contributed by atoms with Crippen LogP contribution < -0.4 is 17.2 Å². The summed E-state index contributed by atoms with van der Waals surface area (Å²) in [5.74, 6) is -1.14. The van der Waals surface area contributed by atoms with E-state index >= 15 is 0 Å². The molecule has 0 atom stereocenters. The summed E-state index contributed by atoms with van der Waals surface area (Å²) in [5.41, 5.74) is 19.3. The third kappa shape index (κ3) is 3.09. The van der Waals surface area contributed by atoms with Crippen LogP contribution in [0, 0.1) is 12.7 Å². The number of pyridine rings is 1. The van der Waals surface area contributed by atoms with Crippen molar-refractivity contribution in [3.8, 4) is 22.4 Å². The molecule has 25 heavy (non-hydrogen) atoms. The number of aryl methyl sites for hydroxylation is 1. The molecule has 0 spiro atoms. The Morgan fingerprint density at radius 3 is 2.44 bits per heavy atom. The van der Waals surface area contributed by atoms with E-state index in [1.165, 1.54) is 12.1 Å². The molecular formula is C17H15FN6O. The maximum Gasteiger partial charge on any atom is 0.251 e. The zero-order valence-electron chi connectivity index (χ0n) is 13.3. The fourth-order valence-corrected chi connectivity index (χ4v) is 2.56. The minimum absolute atomic E-state index is 0.0598. The van der Waals surface area contributed by atoms with Crippen molar-refractivity contribution in [2.45, 2.75) is 6.92 Å². The van der Waals surface area contributed by atoms with E-state index in [9.17, 15) is 9.18 Å². The summed E-state index contributed by atoms with van der Waals surface area (Å²) in [6, 6.07) is 7.42. The smallest absolute Gasteiger partial charge is 0.251 e. The van der Waals surface area contributed by atoms with Crippen LogP contribution in [0.1, 0.15) is 16.1 Å². The van der Waals surface area contributed by atoms with Gasteiger partial charge in [-0.25, -0.2) is 19.3 Å². The van der Waals surface area contributed by atoms with Gasteiger partial charge in [-0.2, -0.15) is 0 Å². The number of primary amides is 1. The molecule has 0 unspecified atom stereocenters. The van der Waals surface area contributed by atoms with Gasteiger partial charge in [0.25, 0.3) is 5.91 Å². The first-order chi connectivity index (χ1) is 11.9. The zero-order valence-corrected chi connectivity index (χ0v) is 13.3. The predicted octanol–water partition coefficient (Wildman–Crippen LogP) is 1.92. The molecule has 0 saturated carbocycles. The second kappa shape index (κ2) is 6.16. The third-order valence-corrected chi connectivity index (χ3v) is 3.69. The summed E-state index contributed by atoms with van der Waals surface area (Å²) in [5, 5.41) is 0. The number of halogens is 1. The Labute approximate surface area is 142 Å². The van der Waals surface area contributed by atoms with Crippen LogP contribution in [0.15, 0.2) is 36.5 Å². The molecule has 0 fully saturated rings. The molecule has 1 aromatic carbocycles. The first-order valence-electron chi connectivity index (χ1n) is 7.32. The van der Waals surface area contributed by atoms with Gasteiger partial charge in [-0.15, -0.1) is 0 Å². The Bertz CT molecular complexity index is 972. The molecular weight excluding hydrogens is 323 g/mol. The van der Waals surface area contributed by atoms with E-state index in [0.717, 1.165) is 6.07 Å². The molecule has 2 heterocycles. The minimum atomic E-state index is -0.867. The molecule has 0 aliphatic carbocycles. The van der Waals surface area contributed by atoms with Crippen molar-refractivity contribution < 1.29 is 9.18 Å². The summed E-state index contributed by atoms with van der Waals surface area (Å²) < 4.78 is 13.8. The van der Waals surface area contributed by atoms with E-state index in [0.29, 0.717) is 33.9 Å². The number of nitrogens with zero attached hydrogens (tertiary/aromatic N) is 3. The number of carbonyl (C=O) groups excluding carboxylic acids is 1. The van der Waals surface area contributed by atoms with Crippen molar-refractivity contribution in [2.24, 2.45) is 5.73 Å². The van der Waals surface area contributed by atoms with E-state index in [1.54, 1.807) is 25.3 Å². The van der Waals surface area contributed by atoms with Gasteiger partial charge in [-0.1, -0.05) is 0 Å². The molecule has 8 heteroatoms. The van der Waals surface area contributed by atoms with Gasteiger partial charge in [0.1, 0.15) is 11.6 Å². The van der Waals surface area contributed by atoms with Crippen molar-refractivity contribution in [1.29, 1.82) is 0 Å². The molecule has 0 aliphatic heterocycles. The maximum absolute atomic E-state index is 13.8. The van der Waals surface area contributed by atoms with Gasteiger partial charge < -0.3 is 17.2 Å². The van der Waals surface area contributed by atoms with Crippen molar-refractivity contribution in [1.82, 2.24) is 15.0 Å². The van der Waals surface area contributed by atoms with Crippen LogP contribution >= 0.6 is 0 Å². The number of nitrogen functional groups attached to an aromatic ring is 2. The lowest BCUT2D eigenvalue weighted by molar-refractivity contribution is 0.0996. The number of rotatable bonds is 3. The molecule has 126 valence electrons. The Morgan fingerprint density at radius 2 is 1.80 bits per heavy atom. The highest BCUT2D eigenvalue weighted by Gasteiger charge is 2.17. The highest BCUT2D eigenvalue weighted by molar-refractivity contribution is 5.95. The highest BCUT2D eigenvalue weighted by Crippen LogP contribution is 2.33. The number of nitrogens with two attached hydrogens (primary N) is 3. The molecule has 0 bridgehead atoms. The fourth-order valence-electron chi connectivity index (χ4n) is 2.56. The SMILES string of the molecule is Cc1nc(N)nc(-c2ccc(F)c(C(N)=O)c2)c1-c1ccc(N)nc1. The molecule has 1 amide bonds. The number of hydrogen-bond acceptors (Lipinski definition) is 6. The van der Waals surface area contributed by atoms with Gasteiger partial charge in [0.05, 0.1) is 17.0 Å². The van der Waals surface area contributed by atoms with Gasteiger partial charge in [0.2, 0.25) is 5.95 Å². The van der Waals surface area contributed by atoms with Crippen LogP contribution in [0.3, 0.4) is 0 Å². The van der Waals surface area contributed by atoms with Crippen LogP contribution in [-0.2, 0) is 0 Å². The third-order valence-electron chi connectivity index (χ3n) is 3.69. The summed E-state index contributed by atoms with van der Waals surface area (Å²) in [4.78, 5) is 23.9. The number of benzene rings is 1. The topological polar surface area (TPSA) is 134 Å².